The van der Waals surface area contributed by atoms with E-state index in [0.717, 1.165) is 25.7 Å². The molecule has 0 aromatic heterocycles. The van der Waals surface area contributed by atoms with Gasteiger partial charge in [-0.25, -0.2) is 0 Å². The Balaban J connectivity index is 1.65. The molecule has 0 aromatic carbocycles. The van der Waals surface area contributed by atoms with Crippen LogP contribution in [-0.4, -0.2) is 48.8 Å². The fourth-order valence-corrected chi connectivity index (χ4v) is 4.09. The Hall–Kier alpha value is -0.120. The smallest absolute Gasteiger partial charge is 0.0469 e. The van der Waals surface area contributed by atoms with Crippen LogP contribution in [0.4, 0.5) is 0 Å². The van der Waals surface area contributed by atoms with Crippen LogP contribution in [0.15, 0.2) is 0 Å². The van der Waals surface area contributed by atoms with E-state index < -0.39 is 0 Å². The maximum Gasteiger partial charge on any atom is 0.0469 e. The van der Waals surface area contributed by atoms with Crippen molar-refractivity contribution in [1.82, 2.24) is 10.2 Å². The summed E-state index contributed by atoms with van der Waals surface area (Å²) in [6.07, 6.45) is 8.11. The minimum Gasteiger partial charge on any atom is -0.381 e. The first kappa shape index (κ1) is 13.8. The third kappa shape index (κ3) is 2.98. The first-order valence-electron chi connectivity index (χ1n) is 8.18. The molecule has 2 heterocycles. The second-order valence-corrected chi connectivity index (χ2v) is 7.59. The van der Waals surface area contributed by atoms with Crippen molar-refractivity contribution >= 4 is 0 Å². The molecule has 0 atom stereocenters. The van der Waals surface area contributed by atoms with Crippen LogP contribution < -0.4 is 5.32 Å². The standard InChI is InChI=1S/C16H30N2O/c1-15(2)12-17-16(7-3-4-8-16)13-18(15)11-14-5-9-19-10-6-14/h14,17H,3-13H2,1-2H3. The summed E-state index contributed by atoms with van der Waals surface area (Å²) in [5, 5.41) is 3.89. The number of piperazine rings is 1. The van der Waals surface area contributed by atoms with Gasteiger partial charge in [-0.2, -0.15) is 0 Å². The van der Waals surface area contributed by atoms with Gasteiger partial charge >= 0.3 is 0 Å². The Labute approximate surface area is 118 Å². The van der Waals surface area contributed by atoms with Crippen molar-refractivity contribution < 1.29 is 4.74 Å². The zero-order chi connectivity index (χ0) is 13.3. The highest BCUT2D eigenvalue weighted by atomic mass is 16.5. The summed E-state index contributed by atoms with van der Waals surface area (Å²) >= 11 is 0. The highest BCUT2D eigenvalue weighted by molar-refractivity contribution is 5.04. The summed E-state index contributed by atoms with van der Waals surface area (Å²) in [6.45, 7) is 10.4. The monoisotopic (exact) mass is 266 g/mol. The van der Waals surface area contributed by atoms with E-state index in [4.69, 9.17) is 4.74 Å². The van der Waals surface area contributed by atoms with E-state index >= 15 is 0 Å². The Morgan fingerprint density at radius 2 is 1.84 bits per heavy atom. The molecule has 1 saturated carbocycles. The molecule has 1 N–H and O–H groups in total. The number of nitrogens with zero attached hydrogens (tertiary/aromatic N) is 1. The molecular weight excluding hydrogens is 236 g/mol. The summed E-state index contributed by atoms with van der Waals surface area (Å²) < 4.78 is 5.50. The topological polar surface area (TPSA) is 24.5 Å². The van der Waals surface area contributed by atoms with Crippen LogP contribution in [0.25, 0.3) is 0 Å². The van der Waals surface area contributed by atoms with Crippen molar-refractivity contribution in [3.05, 3.63) is 0 Å². The molecule has 2 saturated heterocycles. The van der Waals surface area contributed by atoms with Crippen molar-refractivity contribution in [2.24, 2.45) is 5.92 Å². The van der Waals surface area contributed by atoms with Crippen LogP contribution in [0.2, 0.25) is 0 Å². The summed E-state index contributed by atoms with van der Waals surface area (Å²) in [6, 6.07) is 0. The normalized spacial score (nSPS) is 31.9. The quantitative estimate of drug-likeness (QED) is 0.830. The van der Waals surface area contributed by atoms with E-state index in [-0.39, 0.29) is 0 Å². The lowest BCUT2D eigenvalue weighted by Crippen LogP contribution is -2.67. The first-order chi connectivity index (χ1) is 9.10. The van der Waals surface area contributed by atoms with Crippen molar-refractivity contribution in [3.63, 3.8) is 0 Å². The van der Waals surface area contributed by atoms with E-state index in [1.807, 2.05) is 0 Å². The number of hydrogen-bond donors (Lipinski definition) is 1. The molecule has 1 spiro atoms. The number of rotatable bonds is 2. The minimum atomic E-state index is 0.312. The summed E-state index contributed by atoms with van der Waals surface area (Å²) in [5.74, 6) is 0.851. The van der Waals surface area contributed by atoms with E-state index in [1.165, 1.54) is 51.6 Å². The summed E-state index contributed by atoms with van der Waals surface area (Å²) in [4.78, 5) is 2.78. The fraction of sp³-hybridized carbons (Fsp3) is 1.00. The lowest BCUT2D eigenvalue weighted by molar-refractivity contribution is -0.00715. The highest BCUT2D eigenvalue weighted by Gasteiger charge is 2.44. The van der Waals surface area contributed by atoms with Gasteiger partial charge in [-0.1, -0.05) is 12.8 Å². The van der Waals surface area contributed by atoms with Crippen LogP contribution in [0.3, 0.4) is 0 Å². The Morgan fingerprint density at radius 3 is 2.53 bits per heavy atom. The van der Waals surface area contributed by atoms with E-state index in [1.54, 1.807) is 0 Å². The van der Waals surface area contributed by atoms with Crippen molar-refractivity contribution in [2.45, 2.75) is 63.5 Å². The third-order valence-electron chi connectivity index (χ3n) is 5.63. The van der Waals surface area contributed by atoms with Crippen LogP contribution in [0.1, 0.15) is 52.4 Å². The molecule has 2 aliphatic heterocycles. The third-order valence-corrected chi connectivity index (χ3v) is 5.63. The van der Waals surface area contributed by atoms with Gasteiger partial charge < -0.3 is 10.1 Å². The number of ether oxygens (including phenoxy) is 1. The summed E-state index contributed by atoms with van der Waals surface area (Å²) in [7, 11) is 0. The molecule has 0 bridgehead atoms. The fourth-order valence-electron chi connectivity index (χ4n) is 4.09. The lowest BCUT2D eigenvalue weighted by Gasteiger charge is -2.52. The molecule has 0 amide bonds. The number of nitrogens with one attached hydrogen (secondary N) is 1. The van der Waals surface area contributed by atoms with Crippen LogP contribution in [-0.2, 0) is 4.74 Å². The van der Waals surface area contributed by atoms with Crippen LogP contribution in [0.5, 0.6) is 0 Å². The average molecular weight is 266 g/mol. The summed E-state index contributed by atoms with van der Waals surface area (Å²) in [5.41, 5.74) is 0.757. The Bertz CT molecular complexity index is 304. The molecule has 0 radical (unpaired) electrons. The average Bonchev–Trinajstić information content (AvgIpc) is 2.85. The van der Waals surface area contributed by atoms with Crippen molar-refractivity contribution in [1.29, 1.82) is 0 Å². The SMILES string of the molecule is CC1(C)CNC2(CCCC2)CN1CC1CCOCC1. The van der Waals surface area contributed by atoms with Crippen molar-refractivity contribution in [3.8, 4) is 0 Å². The van der Waals surface area contributed by atoms with E-state index in [0.29, 0.717) is 11.1 Å². The number of hydrogen-bond acceptors (Lipinski definition) is 3. The van der Waals surface area contributed by atoms with Gasteiger partial charge in [0.1, 0.15) is 0 Å². The highest BCUT2D eigenvalue weighted by Crippen LogP contribution is 2.36. The zero-order valence-corrected chi connectivity index (χ0v) is 12.7. The minimum absolute atomic E-state index is 0.312. The molecule has 0 unspecified atom stereocenters. The van der Waals surface area contributed by atoms with Gasteiger partial charge in [0.25, 0.3) is 0 Å². The van der Waals surface area contributed by atoms with Gasteiger partial charge in [0, 0.05) is 43.9 Å². The molecule has 3 heteroatoms. The maximum atomic E-state index is 5.50. The Morgan fingerprint density at radius 1 is 1.16 bits per heavy atom. The molecule has 19 heavy (non-hydrogen) atoms. The molecule has 3 fully saturated rings. The maximum absolute atomic E-state index is 5.50. The van der Waals surface area contributed by atoms with Crippen LogP contribution in [0, 0.1) is 5.92 Å². The largest absolute Gasteiger partial charge is 0.381 e. The molecule has 1 aliphatic carbocycles. The molecule has 3 nitrogen and oxygen atoms in total. The van der Waals surface area contributed by atoms with Gasteiger partial charge in [0.2, 0.25) is 0 Å². The lowest BCUT2D eigenvalue weighted by atomic mass is 9.86. The Kier molecular flexibility index (Phi) is 3.89. The van der Waals surface area contributed by atoms with E-state index in [2.05, 4.69) is 24.1 Å². The predicted molar refractivity (Wildman–Crippen MR) is 78.4 cm³/mol. The molecule has 3 aliphatic rings. The van der Waals surface area contributed by atoms with Gasteiger partial charge in [0.05, 0.1) is 0 Å². The second kappa shape index (κ2) is 5.34. The van der Waals surface area contributed by atoms with E-state index in [9.17, 15) is 0 Å². The second-order valence-electron chi connectivity index (χ2n) is 7.59. The molecule has 110 valence electrons. The predicted octanol–water partition coefficient (Wildman–Crippen LogP) is 2.41. The van der Waals surface area contributed by atoms with Gasteiger partial charge in [-0.05, 0) is 45.4 Å². The molecule has 3 rings (SSSR count). The van der Waals surface area contributed by atoms with Gasteiger partial charge in [-0.15, -0.1) is 0 Å². The van der Waals surface area contributed by atoms with Gasteiger partial charge in [0.15, 0.2) is 0 Å². The van der Waals surface area contributed by atoms with Crippen LogP contribution >= 0.6 is 0 Å². The van der Waals surface area contributed by atoms with Gasteiger partial charge in [-0.3, -0.25) is 4.90 Å². The molecule has 0 aromatic rings. The first-order valence-corrected chi connectivity index (χ1v) is 8.18. The molecular formula is C16H30N2O. The van der Waals surface area contributed by atoms with Crippen molar-refractivity contribution in [2.75, 3.05) is 32.8 Å². The zero-order valence-electron chi connectivity index (χ0n) is 12.7.